The van der Waals surface area contributed by atoms with Crippen molar-refractivity contribution in [1.82, 2.24) is 4.31 Å². The molecule has 1 aliphatic heterocycles. The van der Waals surface area contributed by atoms with Crippen molar-refractivity contribution < 1.29 is 8.42 Å². The average Bonchev–Trinajstić information content (AvgIpc) is 2.38. The van der Waals surface area contributed by atoms with Crippen molar-refractivity contribution in [2.75, 3.05) is 12.3 Å². The molecule has 0 saturated carbocycles. The summed E-state index contributed by atoms with van der Waals surface area (Å²) >= 11 is 0. The first-order valence-electron chi connectivity index (χ1n) is 6.05. The van der Waals surface area contributed by atoms with Crippen LogP contribution in [-0.2, 0) is 23.0 Å². The van der Waals surface area contributed by atoms with Crippen LogP contribution >= 0.6 is 0 Å². The zero-order valence-corrected chi connectivity index (χ0v) is 11.0. The van der Waals surface area contributed by atoms with Gasteiger partial charge in [0, 0.05) is 19.5 Å². The minimum absolute atomic E-state index is 0.0721. The Hall–Kier alpha value is -1.38. The van der Waals surface area contributed by atoms with Crippen molar-refractivity contribution >= 4 is 10.0 Å². The topological polar surface area (TPSA) is 61.2 Å². The summed E-state index contributed by atoms with van der Waals surface area (Å²) in [6, 6.07) is 9.92. The zero-order valence-electron chi connectivity index (χ0n) is 10.2. The molecule has 0 amide bonds. The fourth-order valence-electron chi connectivity index (χ4n) is 2.17. The lowest BCUT2D eigenvalue weighted by Crippen LogP contribution is -2.37. The van der Waals surface area contributed by atoms with E-state index in [0.717, 1.165) is 12.0 Å². The standard InChI is InChI=1S/C13H16N2O2S/c14-8-3-4-10-18(16,17)15-9-7-12-5-1-2-6-13(12)11-15/h1-2,5-6H,3-4,7,9-11H2. The molecule has 0 N–H and O–H groups in total. The maximum atomic E-state index is 12.1. The Labute approximate surface area is 108 Å². The van der Waals surface area contributed by atoms with Gasteiger partial charge in [-0.1, -0.05) is 24.3 Å². The van der Waals surface area contributed by atoms with E-state index in [1.807, 2.05) is 24.3 Å². The predicted molar refractivity (Wildman–Crippen MR) is 69.2 cm³/mol. The molecule has 5 heteroatoms. The highest BCUT2D eigenvalue weighted by Crippen LogP contribution is 2.21. The molecule has 1 aromatic rings. The van der Waals surface area contributed by atoms with Gasteiger partial charge in [0.25, 0.3) is 0 Å². The number of benzene rings is 1. The maximum Gasteiger partial charge on any atom is 0.214 e. The summed E-state index contributed by atoms with van der Waals surface area (Å²) in [7, 11) is -3.22. The van der Waals surface area contributed by atoms with Crippen LogP contribution < -0.4 is 0 Å². The molecule has 1 heterocycles. The van der Waals surface area contributed by atoms with Crippen LogP contribution in [0, 0.1) is 11.3 Å². The quantitative estimate of drug-likeness (QED) is 0.777. The highest BCUT2D eigenvalue weighted by molar-refractivity contribution is 7.89. The van der Waals surface area contributed by atoms with E-state index in [0.29, 0.717) is 25.9 Å². The Morgan fingerprint density at radius 2 is 2.00 bits per heavy atom. The molecule has 0 atom stereocenters. The van der Waals surface area contributed by atoms with E-state index >= 15 is 0 Å². The fourth-order valence-corrected chi connectivity index (χ4v) is 3.64. The van der Waals surface area contributed by atoms with E-state index in [-0.39, 0.29) is 5.75 Å². The summed E-state index contributed by atoms with van der Waals surface area (Å²) in [6.45, 7) is 1.01. The Kier molecular flexibility index (Phi) is 4.00. The average molecular weight is 264 g/mol. The molecule has 0 bridgehead atoms. The smallest absolute Gasteiger partial charge is 0.212 e. The molecule has 0 aliphatic carbocycles. The Morgan fingerprint density at radius 3 is 2.72 bits per heavy atom. The van der Waals surface area contributed by atoms with Crippen LogP contribution in [0.1, 0.15) is 24.0 Å². The van der Waals surface area contributed by atoms with Crippen LogP contribution in [0.4, 0.5) is 0 Å². The maximum absolute atomic E-state index is 12.1. The van der Waals surface area contributed by atoms with Crippen LogP contribution in [0.15, 0.2) is 24.3 Å². The van der Waals surface area contributed by atoms with E-state index in [1.165, 1.54) is 9.87 Å². The van der Waals surface area contributed by atoms with Gasteiger partial charge in [-0.2, -0.15) is 9.57 Å². The van der Waals surface area contributed by atoms with E-state index in [1.54, 1.807) is 0 Å². The molecular weight excluding hydrogens is 248 g/mol. The number of rotatable bonds is 4. The summed E-state index contributed by atoms with van der Waals surface area (Å²) < 4.78 is 25.7. The van der Waals surface area contributed by atoms with Gasteiger partial charge < -0.3 is 0 Å². The number of unbranched alkanes of at least 4 members (excludes halogenated alkanes) is 1. The molecule has 0 saturated heterocycles. The van der Waals surface area contributed by atoms with Gasteiger partial charge in [0.15, 0.2) is 0 Å². The summed E-state index contributed by atoms with van der Waals surface area (Å²) in [4.78, 5) is 0. The Morgan fingerprint density at radius 1 is 1.28 bits per heavy atom. The van der Waals surface area contributed by atoms with Crippen LogP contribution in [0.25, 0.3) is 0 Å². The van der Waals surface area contributed by atoms with Gasteiger partial charge in [0.1, 0.15) is 0 Å². The van der Waals surface area contributed by atoms with Crippen molar-refractivity contribution in [2.24, 2.45) is 0 Å². The lowest BCUT2D eigenvalue weighted by atomic mass is 10.0. The van der Waals surface area contributed by atoms with Crippen LogP contribution in [0.2, 0.25) is 0 Å². The zero-order chi connectivity index (χ0) is 13.0. The molecule has 0 unspecified atom stereocenters. The van der Waals surface area contributed by atoms with Crippen molar-refractivity contribution in [3.8, 4) is 6.07 Å². The molecule has 0 spiro atoms. The van der Waals surface area contributed by atoms with Crippen molar-refractivity contribution in [1.29, 1.82) is 5.26 Å². The van der Waals surface area contributed by atoms with Crippen LogP contribution in [0.5, 0.6) is 0 Å². The molecule has 18 heavy (non-hydrogen) atoms. The predicted octanol–water partition coefficient (Wildman–Crippen LogP) is 1.68. The third-order valence-electron chi connectivity index (χ3n) is 3.18. The summed E-state index contributed by atoms with van der Waals surface area (Å²) in [5.74, 6) is 0.0721. The van der Waals surface area contributed by atoms with Gasteiger partial charge >= 0.3 is 0 Å². The number of hydrogen-bond acceptors (Lipinski definition) is 3. The van der Waals surface area contributed by atoms with E-state index in [2.05, 4.69) is 6.07 Å². The van der Waals surface area contributed by atoms with Crippen molar-refractivity contribution in [3.63, 3.8) is 0 Å². The summed E-state index contributed by atoms with van der Waals surface area (Å²) in [6.07, 6.45) is 1.48. The molecule has 96 valence electrons. The van der Waals surface area contributed by atoms with Crippen LogP contribution in [0.3, 0.4) is 0 Å². The summed E-state index contributed by atoms with van der Waals surface area (Å²) in [5.41, 5.74) is 2.33. The van der Waals surface area contributed by atoms with Gasteiger partial charge in [0.05, 0.1) is 11.8 Å². The second-order valence-electron chi connectivity index (χ2n) is 4.43. The number of fused-ring (bicyclic) bond motifs is 1. The van der Waals surface area contributed by atoms with Gasteiger partial charge in [-0.25, -0.2) is 8.42 Å². The molecule has 1 aliphatic rings. The summed E-state index contributed by atoms with van der Waals surface area (Å²) in [5, 5.41) is 8.45. The second-order valence-corrected chi connectivity index (χ2v) is 6.52. The van der Waals surface area contributed by atoms with Crippen molar-refractivity contribution in [3.05, 3.63) is 35.4 Å². The van der Waals surface area contributed by atoms with Gasteiger partial charge in [0.2, 0.25) is 10.0 Å². The van der Waals surface area contributed by atoms with Crippen LogP contribution in [-0.4, -0.2) is 25.0 Å². The third kappa shape index (κ3) is 2.89. The van der Waals surface area contributed by atoms with E-state index < -0.39 is 10.0 Å². The highest BCUT2D eigenvalue weighted by Gasteiger charge is 2.25. The van der Waals surface area contributed by atoms with E-state index in [4.69, 9.17) is 5.26 Å². The monoisotopic (exact) mass is 264 g/mol. The van der Waals surface area contributed by atoms with Gasteiger partial charge in [-0.15, -0.1) is 0 Å². The fraction of sp³-hybridized carbons (Fsp3) is 0.462. The number of nitriles is 1. The van der Waals surface area contributed by atoms with Gasteiger partial charge in [-0.3, -0.25) is 0 Å². The van der Waals surface area contributed by atoms with E-state index in [9.17, 15) is 8.42 Å². The van der Waals surface area contributed by atoms with Gasteiger partial charge in [-0.05, 0) is 24.0 Å². The lowest BCUT2D eigenvalue weighted by molar-refractivity contribution is 0.391. The molecule has 2 rings (SSSR count). The first-order valence-corrected chi connectivity index (χ1v) is 7.66. The normalized spacial score (nSPS) is 15.9. The number of nitrogens with zero attached hydrogens (tertiary/aromatic N) is 2. The first-order chi connectivity index (χ1) is 8.63. The molecule has 0 fully saturated rings. The molecule has 0 radical (unpaired) electrons. The molecular formula is C13H16N2O2S. The minimum Gasteiger partial charge on any atom is -0.212 e. The SMILES string of the molecule is N#CCCCS(=O)(=O)N1CCc2ccccc2C1. The largest absolute Gasteiger partial charge is 0.214 e. The van der Waals surface area contributed by atoms with Crippen molar-refractivity contribution in [2.45, 2.75) is 25.8 Å². The second kappa shape index (κ2) is 5.51. The molecule has 4 nitrogen and oxygen atoms in total. The molecule has 1 aromatic carbocycles. The highest BCUT2D eigenvalue weighted by atomic mass is 32.2. The Bertz CT molecular complexity index is 561. The lowest BCUT2D eigenvalue weighted by Gasteiger charge is -2.27. The number of hydrogen-bond donors (Lipinski definition) is 0. The Balaban J connectivity index is 2.06. The number of sulfonamides is 1. The minimum atomic E-state index is -3.22. The molecule has 0 aromatic heterocycles. The first kappa shape index (κ1) is 13.1. The third-order valence-corrected chi connectivity index (χ3v) is 5.08.